The number of benzene rings is 1. The van der Waals surface area contributed by atoms with E-state index in [4.69, 9.17) is 8.85 Å². The molecule has 0 saturated heterocycles. The standard InChI is InChI=1S/C48H76FN3O5Si2/c1-32(24-27-45(11,49)43(8,9)55)35-22-23-36-44(35,10)26-25-37-46(12)38(57-59(15,16)42(5,6)7)30-34(56-58(13,14)41(2,3)4)31-47(46)28-29-48(36,37)52-40(54)50(39(53)51(47)52)33-20-18-17-19-21-33/h17-21,24,27-29,32,34-38,55H,22-23,25-26,30-31H2,1-16H3/b27-24+/t32-,34+,35-,36-,37-,38+,44-,45+,46+,47-,48+/m1/s1. The van der Waals surface area contributed by atoms with Crippen LogP contribution in [-0.4, -0.2) is 59.1 Å². The van der Waals surface area contributed by atoms with Crippen LogP contribution in [0.15, 0.2) is 64.2 Å². The van der Waals surface area contributed by atoms with Crippen LogP contribution in [0.5, 0.6) is 0 Å². The summed E-state index contributed by atoms with van der Waals surface area (Å²) in [7, 11) is -4.66. The van der Waals surface area contributed by atoms with Gasteiger partial charge in [-0.2, -0.15) is 0 Å². The summed E-state index contributed by atoms with van der Waals surface area (Å²) in [5.41, 5.74) is -5.85. The van der Waals surface area contributed by atoms with E-state index in [9.17, 15) is 5.11 Å². The van der Waals surface area contributed by atoms with Gasteiger partial charge < -0.3 is 14.0 Å². The van der Waals surface area contributed by atoms with Crippen LogP contribution in [0.25, 0.3) is 5.69 Å². The minimum atomic E-state index is -2.38. The normalized spacial score (nSPS) is 36.2. The summed E-state index contributed by atoms with van der Waals surface area (Å²) in [6.07, 6.45) is 12.8. The van der Waals surface area contributed by atoms with Gasteiger partial charge in [-0.3, -0.25) is 0 Å². The maximum atomic E-state index is 15.8. The second kappa shape index (κ2) is 13.6. The smallest absolute Gasteiger partial charge is 0.352 e. The predicted molar refractivity (Wildman–Crippen MR) is 242 cm³/mol. The molecule has 2 spiro atoms. The van der Waals surface area contributed by atoms with Gasteiger partial charge in [0.05, 0.1) is 34.6 Å². The molecule has 3 heterocycles. The Morgan fingerprint density at radius 3 is 1.98 bits per heavy atom. The van der Waals surface area contributed by atoms with Crippen molar-refractivity contribution in [2.24, 2.45) is 34.5 Å². The second-order valence-electron chi connectivity index (χ2n) is 23.8. The number of aliphatic hydroxyl groups is 1. The molecule has 8 nitrogen and oxygen atoms in total. The SMILES string of the molecule is C[C@H](/C=C/[C@](C)(F)C(C)(C)O)[C@H]1CC[C@@H]2[C@]1(C)CC[C@H]1[C@]23C=C[C@]2(C[C@@H](O[Si](C)(C)C(C)(C)C)C[C@H](O[Si](C)(C)C(C)(C)C)[C@]12C)n1c(=O)n(-c2ccccc2)c(=O)n13. The molecule has 1 aromatic heterocycles. The van der Waals surface area contributed by atoms with E-state index in [1.54, 1.807) is 6.08 Å². The monoisotopic (exact) mass is 850 g/mol. The molecule has 11 heteroatoms. The molecule has 6 aliphatic rings. The number of allylic oxidation sites excluding steroid dienone is 3. The molecule has 2 aliphatic heterocycles. The molecule has 2 bridgehead atoms. The summed E-state index contributed by atoms with van der Waals surface area (Å²) in [4.78, 5) is 31.0. The largest absolute Gasteiger partial charge is 0.414 e. The summed E-state index contributed by atoms with van der Waals surface area (Å²) in [5, 5.41) is 10.6. The van der Waals surface area contributed by atoms with Crippen molar-refractivity contribution >= 4 is 16.6 Å². The summed E-state index contributed by atoms with van der Waals surface area (Å²) < 4.78 is 36.2. The Labute approximate surface area is 355 Å². The molecule has 0 radical (unpaired) electrons. The van der Waals surface area contributed by atoms with E-state index in [1.165, 1.54) is 25.3 Å². The van der Waals surface area contributed by atoms with Crippen molar-refractivity contribution in [3.63, 3.8) is 0 Å². The van der Waals surface area contributed by atoms with Crippen LogP contribution in [0.4, 0.5) is 4.39 Å². The number of nitrogens with zero attached hydrogens (tertiary/aromatic N) is 3. The molecule has 0 amide bonds. The first kappa shape index (κ1) is 44.7. The number of para-hydroxylation sites is 1. The second-order valence-corrected chi connectivity index (χ2v) is 33.3. The molecule has 328 valence electrons. The molecule has 8 rings (SSSR count). The highest BCUT2D eigenvalue weighted by molar-refractivity contribution is 6.74. The molecule has 1 N–H and O–H groups in total. The lowest BCUT2D eigenvalue weighted by atomic mass is 9.40. The van der Waals surface area contributed by atoms with Crippen molar-refractivity contribution in [1.82, 2.24) is 13.9 Å². The van der Waals surface area contributed by atoms with Crippen molar-refractivity contribution in [2.75, 3.05) is 0 Å². The van der Waals surface area contributed by atoms with E-state index in [0.717, 1.165) is 32.1 Å². The number of halogens is 1. The molecule has 3 saturated carbocycles. The van der Waals surface area contributed by atoms with Gasteiger partial charge in [0.25, 0.3) is 0 Å². The minimum absolute atomic E-state index is 0.0132. The molecular weight excluding hydrogens is 774 g/mol. The van der Waals surface area contributed by atoms with E-state index in [-0.39, 0.29) is 62.8 Å². The van der Waals surface area contributed by atoms with Crippen molar-refractivity contribution in [3.05, 3.63) is 75.6 Å². The molecule has 3 fully saturated rings. The third-order valence-corrected chi connectivity index (χ3v) is 27.2. The number of rotatable bonds is 9. The Hall–Kier alpha value is -2.32. The quantitative estimate of drug-likeness (QED) is 0.201. The first-order valence-electron chi connectivity index (χ1n) is 22.5. The molecule has 2 aromatic rings. The van der Waals surface area contributed by atoms with E-state index < -0.39 is 44.4 Å². The molecule has 1 aromatic carbocycles. The fraction of sp³-hybridized carbons (Fsp3) is 0.750. The zero-order valence-corrected chi connectivity index (χ0v) is 41.2. The number of aromatic nitrogens is 3. The van der Waals surface area contributed by atoms with Gasteiger partial charge in [0.2, 0.25) is 0 Å². The minimum Gasteiger partial charge on any atom is -0.414 e. The van der Waals surface area contributed by atoms with Crippen LogP contribution in [0, 0.1) is 34.5 Å². The highest BCUT2D eigenvalue weighted by Crippen LogP contribution is 2.74. The zero-order chi connectivity index (χ0) is 43.9. The van der Waals surface area contributed by atoms with Gasteiger partial charge in [-0.25, -0.2) is 27.9 Å². The summed E-state index contributed by atoms with van der Waals surface area (Å²) in [6.45, 7) is 34.5. The summed E-state index contributed by atoms with van der Waals surface area (Å²) in [6, 6.07) is 9.42. The Morgan fingerprint density at radius 2 is 1.41 bits per heavy atom. The van der Waals surface area contributed by atoms with Crippen LogP contribution in [-0.2, 0) is 19.9 Å². The van der Waals surface area contributed by atoms with E-state index in [0.29, 0.717) is 12.1 Å². The molecule has 11 atom stereocenters. The number of hydrogen-bond acceptors (Lipinski definition) is 5. The number of alkyl halides is 1. The summed E-state index contributed by atoms with van der Waals surface area (Å²) >= 11 is 0. The lowest BCUT2D eigenvalue weighted by Crippen LogP contribution is -2.80. The average molecular weight is 850 g/mol. The molecule has 4 aliphatic carbocycles. The van der Waals surface area contributed by atoms with Crippen molar-refractivity contribution in [3.8, 4) is 5.69 Å². The van der Waals surface area contributed by atoms with Crippen LogP contribution < -0.4 is 11.4 Å². The molecule has 59 heavy (non-hydrogen) atoms. The van der Waals surface area contributed by atoms with Gasteiger partial charge in [0.15, 0.2) is 22.3 Å². The summed E-state index contributed by atoms with van der Waals surface area (Å²) in [5.74, 6) is 0.300. The van der Waals surface area contributed by atoms with E-state index in [1.807, 2.05) is 45.8 Å². The van der Waals surface area contributed by atoms with Crippen molar-refractivity contribution in [1.29, 1.82) is 0 Å². The third kappa shape index (κ3) is 6.22. The van der Waals surface area contributed by atoms with Gasteiger partial charge in [-0.05, 0) is 136 Å². The van der Waals surface area contributed by atoms with Gasteiger partial charge in [-0.1, -0.05) is 98.7 Å². The van der Waals surface area contributed by atoms with Crippen LogP contribution in [0.2, 0.25) is 36.3 Å². The van der Waals surface area contributed by atoms with E-state index in [2.05, 4.69) is 101 Å². The molecule has 0 unspecified atom stereocenters. The Balaban J connectivity index is 1.47. The van der Waals surface area contributed by atoms with Crippen molar-refractivity contribution < 1.29 is 18.3 Å². The highest BCUT2D eigenvalue weighted by Gasteiger charge is 2.77. The molecular formula is C48H76FN3O5Si2. The fourth-order valence-electron chi connectivity index (χ4n) is 12.4. The third-order valence-electron chi connectivity index (χ3n) is 18.2. The number of fused-ring (bicyclic) bond motifs is 1. The highest BCUT2D eigenvalue weighted by atomic mass is 28.4. The van der Waals surface area contributed by atoms with Gasteiger partial charge in [-0.15, -0.1) is 0 Å². The maximum absolute atomic E-state index is 15.8. The van der Waals surface area contributed by atoms with Crippen LogP contribution in [0.1, 0.15) is 122 Å². The topological polar surface area (TPSA) is 87.6 Å². The van der Waals surface area contributed by atoms with Crippen LogP contribution in [0.3, 0.4) is 0 Å². The Kier molecular flexibility index (Phi) is 10.3. The van der Waals surface area contributed by atoms with Crippen LogP contribution >= 0.6 is 0 Å². The van der Waals surface area contributed by atoms with Crippen molar-refractivity contribution in [2.45, 2.75) is 192 Å². The van der Waals surface area contributed by atoms with Gasteiger partial charge in [0.1, 0.15) is 0 Å². The first-order chi connectivity index (χ1) is 26.8. The number of hydrogen-bond donors (Lipinski definition) is 1. The maximum Gasteiger partial charge on any atom is 0.352 e. The predicted octanol–water partition coefficient (Wildman–Crippen LogP) is 10.5. The zero-order valence-electron chi connectivity index (χ0n) is 39.2. The average Bonchev–Trinajstić information content (AvgIpc) is 3.60. The lowest BCUT2D eigenvalue weighted by molar-refractivity contribution is -0.233. The fourth-order valence-corrected chi connectivity index (χ4v) is 15.2. The Bertz CT molecular complexity index is 2130. The first-order valence-corrected chi connectivity index (χ1v) is 28.4. The van der Waals surface area contributed by atoms with Gasteiger partial charge in [0, 0.05) is 11.8 Å². The lowest BCUT2D eigenvalue weighted by Gasteiger charge is -2.73. The van der Waals surface area contributed by atoms with Gasteiger partial charge >= 0.3 is 11.4 Å². The van der Waals surface area contributed by atoms with E-state index >= 15 is 14.0 Å². The Morgan fingerprint density at radius 1 is 0.831 bits per heavy atom.